The SMILES string of the molecule is OC[n+]1ccccc1.[Cl-]. The molecule has 0 aliphatic heterocycles. The Kier molecular flexibility index (Phi) is 4.01. The molecule has 0 amide bonds. The normalized spacial score (nSPS) is 8.11. The fraction of sp³-hybridized carbons (Fsp3) is 0.167. The summed E-state index contributed by atoms with van der Waals surface area (Å²) in [5, 5.41) is 8.50. The minimum Gasteiger partial charge on any atom is -1.00 e. The van der Waals surface area contributed by atoms with Gasteiger partial charge in [-0.1, -0.05) is 6.07 Å². The zero-order valence-electron chi connectivity index (χ0n) is 4.87. The van der Waals surface area contributed by atoms with Crippen LogP contribution in [-0.4, -0.2) is 5.11 Å². The van der Waals surface area contributed by atoms with E-state index in [0.717, 1.165) is 0 Å². The highest BCUT2D eigenvalue weighted by atomic mass is 35.5. The topological polar surface area (TPSA) is 24.1 Å². The van der Waals surface area contributed by atoms with E-state index in [9.17, 15) is 0 Å². The molecule has 0 atom stereocenters. The third-order valence-corrected chi connectivity index (χ3v) is 0.941. The van der Waals surface area contributed by atoms with E-state index in [-0.39, 0.29) is 19.1 Å². The number of hydrogen-bond donors (Lipinski definition) is 1. The van der Waals surface area contributed by atoms with Gasteiger partial charge in [0.05, 0.1) is 0 Å². The van der Waals surface area contributed by atoms with Crippen molar-refractivity contribution in [3.8, 4) is 0 Å². The first-order valence-corrected chi connectivity index (χ1v) is 2.48. The van der Waals surface area contributed by atoms with Crippen LogP contribution in [0, 0.1) is 0 Å². The number of aliphatic hydroxyl groups is 1. The summed E-state index contributed by atoms with van der Waals surface area (Å²) in [5.74, 6) is 0. The van der Waals surface area contributed by atoms with E-state index in [1.165, 1.54) is 0 Å². The summed E-state index contributed by atoms with van der Waals surface area (Å²) in [7, 11) is 0. The maximum absolute atomic E-state index is 8.50. The molecule has 3 heteroatoms. The molecular weight excluding hydrogens is 138 g/mol. The van der Waals surface area contributed by atoms with Gasteiger partial charge in [-0.3, -0.25) is 0 Å². The maximum atomic E-state index is 8.50. The fourth-order valence-corrected chi connectivity index (χ4v) is 0.529. The average Bonchev–Trinajstić information content (AvgIpc) is 1.90. The molecule has 0 aromatic carbocycles. The molecule has 1 N–H and O–H groups in total. The molecule has 0 saturated carbocycles. The third kappa shape index (κ3) is 2.44. The molecule has 0 bridgehead atoms. The van der Waals surface area contributed by atoms with Crippen LogP contribution in [0.2, 0.25) is 0 Å². The van der Waals surface area contributed by atoms with Gasteiger partial charge >= 0.3 is 0 Å². The van der Waals surface area contributed by atoms with Crippen molar-refractivity contribution in [3.63, 3.8) is 0 Å². The van der Waals surface area contributed by atoms with Gasteiger partial charge in [0.2, 0.25) is 6.73 Å². The van der Waals surface area contributed by atoms with E-state index < -0.39 is 0 Å². The lowest BCUT2D eigenvalue weighted by molar-refractivity contribution is -0.729. The summed E-state index contributed by atoms with van der Waals surface area (Å²) in [5.41, 5.74) is 0. The van der Waals surface area contributed by atoms with Gasteiger partial charge in [-0.2, -0.15) is 4.57 Å². The van der Waals surface area contributed by atoms with Crippen molar-refractivity contribution in [1.82, 2.24) is 0 Å². The minimum absolute atomic E-state index is 0. The number of pyridine rings is 1. The lowest BCUT2D eigenvalue weighted by atomic mass is 10.5. The first-order valence-electron chi connectivity index (χ1n) is 2.48. The van der Waals surface area contributed by atoms with Crippen LogP contribution in [0.5, 0.6) is 0 Å². The Morgan fingerprint density at radius 2 is 1.67 bits per heavy atom. The van der Waals surface area contributed by atoms with Crippen molar-refractivity contribution in [1.29, 1.82) is 0 Å². The number of aliphatic hydroxyl groups excluding tert-OH is 1. The van der Waals surface area contributed by atoms with Crippen molar-refractivity contribution in [3.05, 3.63) is 30.6 Å². The number of hydrogen-bond acceptors (Lipinski definition) is 1. The highest BCUT2D eigenvalue weighted by molar-refractivity contribution is 4.83. The molecule has 50 valence electrons. The first kappa shape index (κ1) is 8.40. The second-order valence-electron chi connectivity index (χ2n) is 1.53. The molecule has 1 heterocycles. The number of rotatable bonds is 1. The van der Waals surface area contributed by atoms with E-state index in [1.807, 2.05) is 18.2 Å². The van der Waals surface area contributed by atoms with Crippen LogP contribution in [0.25, 0.3) is 0 Å². The number of nitrogens with zero attached hydrogens (tertiary/aromatic N) is 1. The zero-order valence-corrected chi connectivity index (χ0v) is 5.62. The van der Waals surface area contributed by atoms with Crippen LogP contribution in [0.4, 0.5) is 0 Å². The second-order valence-corrected chi connectivity index (χ2v) is 1.53. The Hall–Kier alpha value is -0.600. The number of halogens is 1. The number of aromatic nitrogens is 1. The molecule has 1 aromatic heterocycles. The van der Waals surface area contributed by atoms with Crippen LogP contribution >= 0.6 is 0 Å². The highest BCUT2D eigenvalue weighted by Gasteiger charge is 1.87. The summed E-state index contributed by atoms with van der Waals surface area (Å²) < 4.78 is 1.68. The van der Waals surface area contributed by atoms with Gasteiger partial charge in [-0.05, 0) is 0 Å². The Morgan fingerprint density at radius 3 is 2.00 bits per heavy atom. The summed E-state index contributed by atoms with van der Waals surface area (Å²) in [6.07, 6.45) is 3.61. The lowest BCUT2D eigenvalue weighted by Gasteiger charge is -1.84. The Labute approximate surface area is 60.2 Å². The average molecular weight is 146 g/mol. The smallest absolute Gasteiger partial charge is 0.250 e. The fourth-order valence-electron chi connectivity index (χ4n) is 0.529. The molecule has 1 rings (SSSR count). The van der Waals surface area contributed by atoms with E-state index in [2.05, 4.69) is 0 Å². The summed E-state index contributed by atoms with van der Waals surface area (Å²) in [6.45, 7) is 0.0564. The maximum Gasteiger partial charge on any atom is 0.250 e. The van der Waals surface area contributed by atoms with Crippen molar-refractivity contribution in [2.75, 3.05) is 0 Å². The third-order valence-electron chi connectivity index (χ3n) is 0.941. The zero-order chi connectivity index (χ0) is 5.82. The van der Waals surface area contributed by atoms with Gasteiger partial charge < -0.3 is 17.5 Å². The molecule has 0 radical (unpaired) electrons. The summed E-state index contributed by atoms with van der Waals surface area (Å²) >= 11 is 0. The molecule has 0 aliphatic carbocycles. The van der Waals surface area contributed by atoms with E-state index in [1.54, 1.807) is 17.0 Å². The van der Waals surface area contributed by atoms with E-state index in [0.29, 0.717) is 0 Å². The molecule has 0 fully saturated rings. The summed E-state index contributed by atoms with van der Waals surface area (Å²) in [4.78, 5) is 0. The van der Waals surface area contributed by atoms with Crippen molar-refractivity contribution in [2.24, 2.45) is 0 Å². The van der Waals surface area contributed by atoms with Crippen molar-refractivity contribution < 1.29 is 22.1 Å². The van der Waals surface area contributed by atoms with E-state index in [4.69, 9.17) is 5.11 Å². The van der Waals surface area contributed by atoms with Crippen LogP contribution in [0.1, 0.15) is 0 Å². The molecule has 1 aromatic rings. The largest absolute Gasteiger partial charge is 1.00 e. The van der Waals surface area contributed by atoms with Crippen LogP contribution in [0.15, 0.2) is 30.6 Å². The minimum atomic E-state index is 0. The molecular formula is C6H8ClNO. The first-order chi connectivity index (χ1) is 3.93. The van der Waals surface area contributed by atoms with Gasteiger partial charge in [0.25, 0.3) is 0 Å². The van der Waals surface area contributed by atoms with Gasteiger partial charge in [0.1, 0.15) is 0 Å². The summed E-state index contributed by atoms with van der Waals surface area (Å²) in [6, 6.07) is 5.65. The molecule has 0 saturated heterocycles. The Morgan fingerprint density at radius 1 is 1.11 bits per heavy atom. The lowest BCUT2D eigenvalue weighted by Crippen LogP contribution is -3.00. The molecule has 0 unspecified atom stereocenters. The van der Waals surface area contributed by atoms with Crippen molar-refractivity contribution in [2.45, 2.75) is 6.73 Å². The predicted octanol–water partition coefficient (Wildman–Crippen LogP) is -3.07. The Balaban J connectivity index is 0.000000640. The van der Waals surface area contributed by atoms with Gasteiger partial charge in [0.15, 0.2) is 12.4 Å². The van der Waals surface area contributed by atoms with Gasteiger partial charge in [-0.15, -0.1) is 0 Å². The molecule has 9 heavy (non-hydrogen) atoms. The monoisotopic (exact) mass is 145 g/mol. The second kappa shape index (κ2) is 4.30. The van der Waals surface area contributed by atoms with E-state index >= 15 is 0 Å². The van der Waals surface area contributed by atoms with Crippen LogP contribution in [-0.2, 0) is 6.73 Å². The molecule has 0 spiro atoms. The standard InChI is InChI=1S/C6H8NO.ClH/c8-6-7-4-2-1-3-5-7;/h1-5,8H,6H2;1H/q+1;/p-1. The van der Waals surface area contributed by atoms with Gasteiger partial charge in [0, 0.05) is 12.1 Å². The van der Waals surface area contributed by atoms with Crippen LogP contribution in [0.3, 0.4) is 0 Å². The predicted molar refractivity (Wildman–Crippen MR) is 28.9 cm³/mol. The Bertz CT molecular complexity index is 154. The van der Waals surface area contributed by atoms with Crippen LogP contribution < -0.4 is 17.0 Å². The van der Waals surface area contributed by atoms with Crippen molar-refractivity contribution >= 4 is 0 Å². The quantitative estimate of drug-likeness (QED) is 0.417. The molecule has 2 nitrogen and oxygen atoms in total. The highest BCUT2D eigenvalue weighted by Crippen LogP contribution is 1.73. The molecule has 0 aliphatic rings. The van der Waals surface area contributed by atoms with Gasteiger partial charge in [-0.25, -0.2) is 0 Å².